The van der Waals surface area contributed by atoms with Crippen LogP contribution in [0.25, 0.3) is 0 Å². The fourth-order valence-electron chi connectivity index (χ4n) is 3.21. The number of aliphatic hydroxyl groups excluding tert-OH is 1. The van der Waals surface area contributed by atoms with E-state index in [1.54, 1.807) is 0 Å². The van der Waals surface area contributed by atoms with Crippen molar-refractivity contribution >= 4 is 0 Å². The molecule has 0 heterocycles. The Morgan fingerprint density at radius 3 is 1.79 bits per heavy atom. The third kappa shape index (κ3) is 7.15. The zero-order valence-electron chi connectivity index (χ0n) is 13.0. The van der Waals surface area contributed by atoms with E-state index >= 15 is 0 Å². The van der Waals surface area contributed by atoms with Crippen LogP contribution in [-0.4, -0.2) is 11.7 Å². The molecule has 2 atom stereocenters. The molecule has 1 rings (SSSR count). The molecule has 0 unspecified atom stereocenters. The molecule has 0 aromatic carbocycles. The molecule has 19 heavy (non-hydrogen) atoms. The topological polar surface area (TPSA) is 20.2 Å². The van der Waals surface area contributed by atoms with Crippen LogP contribution in [0.4, 0.5) is 0 Å². The van der Waals surface area contributed by atoms with E-state index in [1.807, 2.05) is 0 Å². The summed E-state index contributed by atoms with van der Waals surface area (Å²) in [7, 11) is 0. The summed E-state index contributed by atoms with van der Waals surface area (Å²) in [6.45, 7) is 6.71. The third-order valence-corrected chi connectivity index (χ3v) is 4.64. The molecule has 112 valence electrons. The summed E-state index contributed by atoms with van der Waals surface area (Å²) >= 11 is 0. The van der Waals surface area contributed by atoms with Gasteiger partial charge in [0.15, 0.2) is 0 Å². The van der Waals surface area contributed by atoms with E-state index in [-0.39, 0.29) is 0 Å². The number of aliphatic hydroxyl groups is 1. The summed E-state index contributed by atoms with van der Waals surface area (Å²) in [6, 6.07) is 0. The fourth-order valence-corrected chi connectivity index (χ4v) is 3.21. The molecule has 1 saturated carbocycles. The van der Waals surface area contributed by atoms with Crippen LogP contribution >= 0.6 is 0 Å². The molecule has 0 saturated heterocycles. The van der Waals surface area contributed by atoms with Gasteiger partial charge in [-0.2, -0.15) is 0 Å². The van der Waals surface area contributed by atoms with E-state index in [9.17, 15) is 0 Å². The predicted molar refractivity (Wildman–Crippen MR) is 84.3 cm³/mol. The van der Waals surface area contributed by atoms with Crippen LogP contribution < -0.4 is 0 Å². The highest BCUT2D eigenvalue weighted by atomic mass is 16.3. The van der Waals surface area contributed by atoms with Gasteiger partial charge in [-0.15, -0.1) is 0 Å². The third-order valence-electron chi connectivity index (χ3n) is 4.64. The van der Waals surface area contributed by atoms with Gasteiger partial charge in [-0.05, 0) is 24.7 Å². The minimum Gasteiger partial charge on any atom is -0.396 e. The first kappa shape index (κ1) is 16.8. The average molecular weight is 266 g/mol. The van der Waals surface area contributed by atoms with Gasteiger partial charge >= 0.3 is 0 Å². The van der Waals surface area contributed by atoms with Crippen LogP contribution in [0.15, 0.2) is 12.2 Å². The van der Waals surface area contributed by atoms with E-state index in [4.69, 9.17) is 5.11 Å². The van der Waals surface area contributed by atoms with Crippen LogP contribution in [0.2, 0.25) is 0 Å². The van der Waals surface area contributed by atoms with Crippen molar-refractivity contribution < 1.29 is 5.11 Å². The summed E-state index contributed by atoms with van der Waals surface area (Å²) in [5.41, 5.74) is 1.41. The minimum absolute atomic E-state index is 0.332. The quantitative estimate of drug-likeness (QED) is 0.345. The molecule has 0 aromatic rings. The predicted octanol–water partition coefficient (Wildman–Crippen LogP) is 5.48. The van der Waals surface area contributed by atoms with Gasteiger partial charge in [0.05, 0.1) is 0 Å². The fraction of sp³-hybridized carbons (Fsp3) is 0.889. The molecular formula is C18H34O. The van der Waals surface area contributed by atoms with E-state index in [2.05, 4.69) is 13.5 Å². The molecule has 1 nitrogen and oxygen atoms in total. The van der Waals surface area contributed by atoms with Crippen molar-refractivity contribution in [2.24, 2.45) is 11.8 Å². The number of hydrogen-bond donors (Lipinski definition) is 1. The van der Waals surface area contributed by atoms with Gasteiger partial charge in [0, 0.05) is 6.61 Å². The van der Waals surface area contributed by atoms with Gasteiger partial charge in [-0.25, -0.2) is 0 Å². The lowest BCUT2D eigenvalue weighted by atomic mass is 10.0. The SMILES string of the molecule is C=C1[C@@H](CCO)[C@H]1CCCCCCCCCCCC. The van der Waals surface area contributed by atoms with Crippen LogP contribution in [-0.2, 0) is 0 Å². The average Bonchev–Trinajstić information content (AvgIpc) is 3.02. The first-order valence-corrected chi connectivity index (χ1v) is 8.60. The smallest absolute Gasteiger partial charge is 0.0436 e. The van der Waals surface area contributed by atoms with Crippen molar-refractivity contribution in [3.8, 4) is 0 Å². The first-order chi connectivity index (χ1) is 9.31. The highest BCUT2D eigenvalue weighted by Crippen LogP contribution is 2.49. The van der Waals surface area contributed by atoms with Gasteiger partial charge in [-0.3, -0.25) is 0 Å². The Morgan fingerprint density at radius 1 is 0.789 bits per heavy atom. The van der Waals surface area contributed by atoms with Gasteiger partial charge in [0.2, 0.25) is 0 Å². The van der Waals surface area contributed by atoms with Gasteiger partial charge < -0.3 is 5.11 Å². The standard InChI is InChI=1S/C18H34O/c1-3-4-5-6-7-8-9-10-11-12-13-17-16(2)18(17)14-15-19/h17-19H,2-15H2,1H3/t17-,18+/m0/s1. The normalized spacial score (nSPS) is 21.9. The largest absolute Gasteiger partial charge is 0.396 e. The Labute approximate surface area is 120 Å². The Kier molecular flexibility index (Phi) is 9.24. The second-order valence-electron chi connectivity index (χ2n) is 6.27. The highest BCUT2D eigenvalue weighted by molar-refractivity contribution is 5.25. The molecule has 1 aliphatic carbocycles. The lowest BCUT2D eigenvalue weighted by Crippen LogP contribution is -1.88. The molecule has 1 N–H and O–H groups in total. The summed E-state index contributed by atoms with van der Waals surface area (Å²) in [6.07, 6.45) is 16.4. The van der Waals surface area contributed by atoms with Crippen molar-refractivity contribution in [3.63, 3.8) is 0 Å². The summed E-state index contributed by atoms with van der Waals surface area (Å²) < 4.78 is 0. The highest BCUT2D eigenvalue weighted by Gasteiger charge is 2.40. The summed E-state index contributed by atoms with van der Waals surface area (Å²) in [5.74, 6) is 1.41. The monoisotopic (exact) mass is 266 g/mol. The van der Waals surface area contributed by atoms with E-state index in [0.29, 0.717) is 12.5 Å². The molecule has 1 aliphatic rings. The molecule has 1 fully saturated rings. The van der Waals surface area contributed by atoms with Crippen molar-refractivity contribution in [2.75, 3.05) is 6.61 Å². The molecule has 0 spiro atoms. The van der Waals surface area contributed by atoms with Crippen LogP contribution in [0.3, 0.4) is 0 Å². The molecule has 0 aromatic heterocycles. The minimum atomic E-state index is 0.332. The maximum Gasteiger partial charge on any atom is 0.0436 e. The Bertz CT molecular complexity index is 234. The lowest BCUT2D eigenvalue weighted by Gasteiger charge is -2.02. The molecular weight excluding hydrogens is 232 g/mol. The maximum atomic E-state index is 8.92. The van der Waals surface area contributed by atoms with Gasteiger partial charge in [0.1, 0.15) is 0 Å². The second kappa shape index (κ2) is 10.5. The molecule has 1 heteroatoms. The Balaban J connectivity index is 1.78. The van der Waals surface area contributed by atoms with Gasteiger partial charge in [0.25, 0.3) is 0 Å². The Morgan fingerprint density at radius 2 is 1.26 bits per heavy atom. The maximum absolute atomic E-state index is 8.92. The van der Waals surface area contributed by atoms with Crippen molar-refractivity contribution in [3.05, 3.63) is 12.2 Å². The summed E-state index contributed by atoms with van der Waals surface area (Å²) in [4.78, 5) is 0. The van der Waals surface area contributed by atoms with Crippen molar-refractivity contribution in [1.82, 2.24) is 0 Å². The van der Waals surface area contributed by atoms with E-state index in [0.717, 1.165) is 12.3 Å². The molecule has 0 aliphatic heterocycles. The molecule has 0 bridgehead atoms. The van der Waals surface area contributed by atoms with Crippen molar-refractivity contribution in [2.45, 2.75) is 84.0 Å². The zero-order chi connectivity index (χ0) is 13.9. The number of unbranched alkanes of at least 4 members (excludes halogenated alkanes) is 9. The van der Waals surface area contributed by atoms with E-state index < -0.39 is 0 Å². The molecule has 0 radical (unpaired) electrons. The van der Waals surface area contributed by atoms with Crippen LogP contribution in [0.1, 0.15) is 84.0 Å². The zero-order valence-corrected chi connectivity index (χ0v) is 13.0. The second-order valence-corrected chi connectivity index (χ2v) is 6.27. The molecule has 0 amide bonds. The van der Waals surface area contributed by atoms with Crippen molar-refractivity contribution in [1.29, 1.82) is 0 Å². The Hall–Kier alpha value is -0.300. The number of allylic oxidation sites excluding steroid dienone is 1. The first-order valence-electron chi connectivity index (χ1n) is 8.60. The number of rotatable bonds is 13. The summed E-state index contributed by atoms with van der Waals surface area (Å²) in [5, 5.41) is 8.92. The van der Waals surface area contributed by atoms with Crippen LogP contribution in [0, 0.1) is 11.8 Å². The number of hydrogen-bond acceptors (Lipinski definition) is 1. The van der Waals surface area contributed by atoms with E-state index in [1.165, 1.54) is 76.2 Å². The van der Waals surface area contributed by atoms with Crippen LogP contribution in [0.5, 0.6) is 0 Å². The lowest BCUT2D eigenvalue weighted by molar-refractivity contribution is 0.277. The van der Waals surface area contributed by atoms with Gasteiger partial charge in [-0.1, -0.05) is 83.3 Å².